The lowest BCUT2D eigenvalue weighted by Gasteiger charge is -2.09. The first-order chi connectivity index (χ1) is 8.08. The summed E-state index contributed by atoms with van der Waals surface area (Å²) in [6, 6.07) is 8.72. The fourth-order valence-corrected chi connectivity index (χ4v) is 2.77. The van der Waals surface area contributed by atoms with Crippen molar-refractivity contribution in [2.45, 2.75) is 24.3 Å². The van der Waals surface area contributed by atoms with Crippen LogP contribution in [0.2, 0.25) is 0 Å². The maximum atomic E-state index is 11.8. The molecule has 0 bridgehead atoms. The van der Waals surface area contributed by atoms with Gasteiger partial charge in [-0.2, -0.15) is 5.26 Å². The summed E-state index contributed by atoms with van der Waals surface area (Å²) in [5.74, 6) is -0.873. The normalized spacial score (nSPS) is 13.6. The molecule has 0 aliphatic heterocycles. The van der Waals surface area contributed by atoms with Gasteiger partial charge in [0.1, 0.15) is 5.25 Å². The van der Waals surface area contributed by atoms with E-state index in [2.05, 4.69) is 0 Å². The number of benzene rings is 1. The van der Waals surface area contributed by atoms with E-state index in [4.69, 9.17) is 10.4 Å². The van der Waals surface area contributed by atoms with Gasteiger partial charge < -0.3 is 5.11 Å². The van der Waals surface area contributed by atoms with Gasteiger partial charge in [-0.05, 0) is 24.1 Å². The van der Waals surface area contributed by atoms with E-state index in [0.29, 0.717) is 12.0 Å². The third kappa shape index (κ3) is 3.68. The van der Waals surface area contributed by atoms with Crippen molar-refractivity contribution in [3.05, 3.63) is 35.4 Å². The summed E-state index contributed by atoms with van der Waals surface area (Å²) in [5.41, 5.74) is 1.21. The molecule has 0 amide bonds. The first-order valence-electron chi connectivity index (χ1n) is 5.17. The molecule has 1 aromatic carbocycles. The smallest absolute Gasteiger partial charge is 0.319 e. The second-order valence-corrected chi connectivity index (χ2v) is 5.19. The maximum Gasteiger partial charge on any atom is 0.319 e. The van der Waals surface area contributed by atoms with Crippen LogP contribution in [0.3, 0.4) is 0 Å². The van der Waals surface area contributed by atoms with Crippen molar-refractivity contribution in [3.8, 4) is 6.07 Å². The molecule has 0 saturated heterocycles. The zero-order valence-electron chi connectivity index (χ0n) is 9.42. The number of carbonyl (C=O) groups is 1. The second-order valence-electron chi connectivity index (χ2n) is 3.57. The van der Waals surface area contributed by atoms with Gasteiger partial charge in [-0.1, -0.05) is 19.1 Å². The highest BCUT2D eigenvalue weighted by atomic mass is 32.2. The van der Waals surface area contributed by atoms with Crippen LogP contribution in [0.15, 0.2) is 24.3 Å². The number of aliphatic carboxylic acids is 1. The van der Waals surface area contributed by atoms with E-state index in [1.54, 1.807) is 31.2 Å². The summed E-state index contributed by atoms with van der Waals surface area (Å²) in [7, 11) is -1.46. The molecule has 17 heavy (non-hydrogen) atoms. The standard InChI is InChI=1S/C12H13NO3S/c1-2-11(12(14)15)17(16)8-10-5-3-4-9(6-10)7-13/h3-6,11H,2,8H2,1H3,(H,14,15). The Balaban J connectivity index is 2.80. The van der Waals surface area contributed by atoms with Gasteiger partial charge in [0.05, 0.1) is 11.6 Å². The summed E-state index contributed by atoms with van der Waals surface area (Å²) < 4.78 is 11.8. The number of rotatable bonds is 5. The van der Waals surface area contributed by atoms with Crippen molar-refractivity contribution < 1.29 is 14.1 Å². The fraction of sp³-hybridized carbons (Fsp3) is 0.333. The second kappa shape index (κ2) is 6.16. The molecule has 0 saturated carbocycles. The van der Waals surface area contributed by atoms with E-state index in [9.17, 15) is 9.00 Å². The predicted octanol–water partition coefficient (Wildman–Crippen LogP) is 1.67. The Morgan fingerprint density at radius 3 is 2.82 bits per heavy atom. The van der Waals surface area contributed by atoms with E-state index >= 15 is 0 Å². The zero-order valence-corrected chi connectivity index (χ0v) is 10.2. The summed E-state index contributed by atoms with van der Waals surface area (Å²) >= 11 is 0. The van der Waals surface area contributed by atoms with E-state index in [1.165, 1.54) is 0 Å². The molecule has 0 heterocycles. The average molecular weight is 251 g/mol. The summed E-state index contributed by atoms with van der Waals surface area (Å²) in [4.78, 5) is 10.8. The Kier molecular flexibility index (Phi) is 4.85. The molecule has 0 radical (unpaired) electrons. The Morgan fingerprint density at radius 1 is 1.59 bits per heavy atom. The maximum absolute atomic E-state index is 11.8. The number of carboxylic acids is 1. The minimum absolute atomic E-state index is 0.167. The summed E-state index contributed by atoms with van der Waals surface area (Å²) in [6.07, 6.45) is 0.333. The highest BCUT2D eigenvalue weighted by molar-refractivity contribution is 7.85. The molecule has 90 valence electrons. The quantitative estimate of drug-likeness (QED) is 0.863. The van der Waals surface area contributed by atoms with Crippen molar-refractivity contribution in [2.75, 3.05) is 0 Å². The summed E-state index contributed by atoms with van der Waals surface area (Å²) in [6.45, 7) is 1.70. The Hall–Kier alpha value is -1.67. The molecule has 1 N–H and O–H groups in total. The molecule has 2 unspecified atom stereocenters. The minimum atomic E-state index is -1.46. The van der Waals surface area contributed by atoms with Crippen LogP contribution in [0.4, 0.5) is 0 Å². The van der Waals surface area contributed by atoms with Crippen LogP contribution >= 0.6 is 0 Å². The average Bonchev–Trinajstić information content (AvgIpc) is 2.29. The number of nitrogens with zero attached hydrogens (tertiary/aromatic N) is 1. The van der Waals surface area contributed by atoms with Crippen LogP contribution in [0, 0.1) is 11.3 Å². The van der Waals surface area contributed by atoms with Crippen molar-refractivity contribution in [1.29, 1.82) is 5.26 Å². The van der Waals surface area contributed by atoms with Gasteiger partial charge >= 0.3 is 5.97 Å². The molecule has 0 spiro atoms. The van der Waals surface area contributed by atoms with E-state index in [0.717, 1.165) is 5.56 Å². The van der Waals surface area contributed by atoms with Crippen LogP contribution < -0.4 is 0 Å². The molecule has 0 aliphatic rings. The van der Waals surface area contributed by atoms with Crippen molar-refractivity contribution >= 4 is 16.8 Å². The predicted molar refractivity (Wildman–Crippen MR) is 64.7 cm³/mol. The third-order valence-corrected chi connectivity index (χ3v) is 4.12. The van der Waals surface area contributed by atoms with Crippen LogP contribution in [-0.4, -0.2) is 20.5 Å². The molecule has 0 fully saturated rings. The molecule has 0 aliphatic carbocycles. The SMILES string of the molecule is CCC(C(=O)O)S(=O)Cc1cccc(C#N)c1. The van der Waals surface area contributed by atoms with Gasteiger partial charge in [-0.3, -0.25) is 9.00 Å². The van der Waals surface area contributed by atoms with E-state index in [1.807, 2.05) is 6.07 Å². The first-order valence-corrected chi connectivity index (χ1v) is 6.55. The zero-order chi connectivity index (χ0) is 12.8. The van der Waals surface area contributed by atoms with Gasteiger partial charge in [0.15, 0.2) is 0 Å². The largest absolute Gasteiger partial charge is 0.480 e. The lowest BCUT2D eigenvalue weighted by atomic mass is 10.2. The Labute approximate surface area is 102 Å². The summed E-state index contributed by atoms with van der Waals surface area (Å²) in [5, 5.41) is 16.8. The van der Waals surface area contributed by atoms with Gasteiger partial charge in [-0.25, -0.2) is 0 Å². The molecule has 4 nitrogen and oxygen atoms in total. The lowest BCUT2D eigenvalue weighted by molar-refractivity contribution is -0.136. The van der Waals surface area contributed by atoms with Crippen molar-refractivity contribution in [3.63, 3.8) is 0 Å². The molecule has 1 rings (SSSR count). The monoisotopic (exact) mass is 251 g/mol. The van der Waals surface area contributed by atoms with Crippen LogP contribution in [-0.2, 0) is 21.3 Å². The molecule has 1 aromatic rings. The first kappa shape index (κ1) is 13.4. The lowest BCUT2D eigenvalue weighted by Crippen LogP contribution is -2.25. The van der Waals surface area contributed by atoms with Crippen molar-refractivity contribution in [2.24, 2.45) is 0 Å². The molecule has 0 aromatic heterocycles. The van der Waals surface area contributed by atoms with Crippen molar-refractivity contribution in [1.82, 2.24) is 0 Å². The van der Waals surface area contributed by atoms with Crippen LogP contribution in [0.5, 0.6) is 0 Å². The molecular formula is C12H13NO3S. The van der Waals surface area contributed by atoms with Gasteiger partial charge in [-0.15, -0.1) is 0 Å². The highest BCUT2D eigenvalue weighted by Gasteiger charge is 2.22. The van der Waals surface area contributed by atoms with E-state index < -0.39 is 22.0 Å². The van der Waals surface area contributed by atoms with Gasteiger partial charge in [0, 0.05) is 16.6 Å². The van der Waals surface area contributed by atoms with E-state index in [-0.39, 0.29) is 5.75 Å². The Morgan fingerprint density at radius 2 is 2.29 bits per heavy atom. The fourth-order valence-electron chi connectivity index (χ4n) is 1.47. The third-order valence-electron chi connectivity index (χ3n) is 2.33. The number of carboxylic acid groups (broad SMARTS) is 1. The highest BCUT2D eigenvalue weighted by Crippen LogP contribution is 2.11. The minimum Gasteiger partial charge on any atom is -0.480 e. The number of nitriles is 1. The molecular weight excluding hydrogens is 238 g/mol. The molecule has 5 heteroatoms. The topological polar surface area (TPSA) is 78.2 Å². The van der Waals surface area contributed by atoms with Crippen LogP contribution in [0.1, 0.15) is 24.5 Å². The Bertz CT molecular complexity index is 479. The number of hydrogen-bond acceptors (Lipinski definition) is 3. The van der Waals surface area contributed by atoms with Gasteiger partial charge in [0.2, 0.25) is 0 Å². The van der Waals surface area contributed by atoms with Crippen LogP contribution in [0.25, 0.3) is 0 Å². The molecule has 2 atom stereocenters. The number of hydrogen-bond donors (Lipinski definition) is 1. The van der Waals surface area contributed by atoms with Gasteiger partial charge in [0.25, 0.3) is 0 Å².